The van der Waals surface area contributed by atoms with E-state index in [1.54, 1.807) is 4.57 Å². The Kier molecular flexibility index (Phi) is 12.9. The molecule has 0 fully saturated rings. The molecule has 0 atom stereocenters. The Hall–Kier alpha value is -11.6. The van der Waals surface area contributed by atoms with Gasteiger partial charge in [-0.05, 0) is 198 Å². The smallest absolute Gasteiger partial charge is 0.252 e. The maximum atomic E-state index is 12.1. The number of hydrogen-bond donors (Lipinski definition) is 0. The zero-order chi connectivity index (χ0) is 80.4. The van der Waals surface area contributed by atoms with Crippen LogP contribution in [0.5, 0.6) is 0 Å². The Labute approximate surface area is 635 Å². The number of hydrogen-bond acceptors (Lipinski definition) is 3. The summed E-state index contributed by atoms with van der Waals surface area (Å²) in [6.45, 7) is 33.6. The van der Waals surface area contributed by atoms with Gasteiger partial charge in [-0.15, -0.1) is 0 Å². The fraction of sp³-hybridized carbons (Fsp3) is 0.202. The van der Waals surface area contributed by atoms with E-state index in [9.17, 15) is 13.5 Å². The highest BCUT2D eigenvalue weighted by molar-refractivity contribution is 7.00. The number of anilines is 6. The summed E-state index contributed by atoms with van der Waals surface area (Å²) in [5.74, 6) is 0. The van der Waals surface area contributed by atoms with Gasteiger partial charge in [-0.1, -0.05) is 255 Å². The quantitative estimate of drug-likeness (QED) is 0.149. The van der Waals surface area contributed by atoms with Crippen molar-refractivity contribution in [1.82, 2.24) is 13.7 Å². The Morgan fingerprint density at radius 1 is 0.311 bits per heavy atom. The molecule has 106 heavy (non-hydrogen) atoms. The van der Waals surface area contributed by atoms with Gasteiger partial charge in [-0.25, -0.2) is 0 Å². The van der Waals surface area contributed by atoms with E-state index in [2.05, 4.69) is 323 Å². The minimum absolute atomic E-state index is 0.00475. The molecule has 0 aliphatic carbocycles. The molecule has 13 aromatic carbocycles. The molecule has 0 bridgehead atoms. The third kappa shape index (κ3) is 10.5. The number of nitrogens with zero attached hydrogens (tertiary/aromatic N) is 6. The molecule has 18 rings (SSSR count). The van der Waals surface area contributed by atoms with Crippen molar-refractivity contribution in [1.29, 1.82) is 5.26 Å². The van der Waals surface area contributed by atoms with Crippen LogP contribution < -0.4 is 26.2 Å². The molecular weight excluding hydrogens is 1280 g/mol. The van der Waals surface area contributed by atoms with Crippen LogP contribution in [-0.4, -0.2) is 20.4 Å². The van der Waals surface area contributed by atoms with Crippen LogP contribution in [0.1, 0.15) is 148 Å². The molecule has 0 radical (unpaired) electrons. The molecular formula is C99H89BN6. The van der Waals surface area contributed by atoms with Gasteiger partial charge in [0.1, 0.15) is 6.07 Å². The van der Waals surface area contributed by atoms with E-state index in [1.165, 1.54) is 33.0 Å². The molecule has 3 aromatic heterocycles. The molecule has 0 N–H and O–H groups in total. The van der Waals surface area contributed by atoms with Crippen LogP contribution in [0.15, 0.2) is 267 Å². The SMILES string of the molecule is [2H]c1c([2H])c([2H])c2c(c1[2H])c1c([2H])c([2H])c([2H])c([2H])c1n2-c1ccc2c(c1)N(c1cc(-n3c4ccccc4c4ccccc43)ccc1C#N)c1cc(C(C)(C)C)cc3c1B2c1ccc(-n2c4ccc(C(C)(C)C)cc4c4cc(C(C)(C)C)ccc42)cc1N3c1c(-c2ccccc2)cc(C(C)(C)C)cc1-c1cccc(C(C)(C)C)c1. The first-order valence-electron chi connectivity index (χ1n) is 41.1. The third-order valence-electron chi connectivity index (χ3n) is 22.5. The largest absolute Gasteiger partial charge is 0.310 e. The second-order valence-corrected chi connectivity index (χ2v) is 34.4. The number of para-hydroxylation sites is 4. The summed E-state index contributed by atoms with van der Waals surface area (Å²) in [6, 6.07) is 78.4. The maximum absolute atomic E-state index is 12.1. The first-order valence-corrected chi connectivity index (χ1v) is 37.1. The van der Waals surface area contributed by atoms with Crippen molar-refractivity contribution < 1.29 is 11.0 Å². The van der Waals surface area contributed by atoms with Crippen LogP contribution >= 0.6 is 0 Å². The van der Waals surface area contributed by atoms with E-state index in [4.69, 9.17) is 2.74 Å². The average molecular weight is 1380 g/mol. The molecule has 518 valence electrons. The number of aromatic nitrogens is 3. The monoisotopic (exact) mass is 1380 g/mol. The van der Waals surface area contributed by atoms with Crippen molar-refractivity contribution in [3.63, 3.8) is 0 Å². The van der Waals surface area contributed by atoms with Crippen molar-refractivity contribution in [2.45, 2.75) is 131 Å². The van der Waals surface area contributed by atoms with Crippen molar-refractivity contribution in [2.24, 2.45) is 0 Å². The predicted molar refractivity (Wildman–Crippen MR) is 453 cm³/mol. The lowest BCUT2D eigenvalue weighted by Gasteiger charge is -2.46. The fourth-order valence-corrected chi connectivity index (χ4v) is 16.8. The van der Waals surface area contributed by atoms with Gasteiger partial charge < -0.3 is 23.5 Å². The molecule has 5 heterocycles. The Morgan fingerprint density at radius 3 is 1.25 bits per heavy atom. The van der Waals surface area contributed by atoms with Crippen LogP contribution in [-0.2, 0) is 27.1 Å². The van der Waals surface area contributed by atoms with Gasteiger partial charge in [0.05, 0.1) is 61.0 Å². The zero-order valence-corrected chi connectivity index (χ0v) is 63.0. The molecule has 0 amide bonds. The summed E-state index contributed by atoms with van der Waals surface area (Å²) in [7, 11) is 0. The molecule has 2 aliphatic rings. The topological polar surface area (TPSA) is 45.1 Å². The van der Waals surface area contributed by atoms with Crippen LogP contribution in [0.4, 0.5) is 34.1 Å². The van der Waals surface area contributed by atoms with E-state index in [0.29, 0.717) is 22.6 Å². The average Bonchev–Trinajstić information content (AvgIpc) is 0.871. The van der Waals surface area contributed by atoms with Crippen LogP contribution in [0.2, 0.25) is 0 Å². The highest BCUT2D eigenvalue weighted by Gasteiger charge is 2.46. The van der Waals surface area contributed by atoms with E-state index < -0.39 is 60.5 Å². The second-order valence-electron chi connectivity index (χ2n) is 34.4. The first kappa shape index (κ1) is 57.8. The van der Waals surface area contributed by atoms with E-state index in [1.807, 2.05) is 24.3 Å². The van der Waals surface area contributed by atoms with Crippen molar-refractivity contribution in [3.05, 3.63) is 300 Å². The van der Waals surface area contributed by atoms with Gasteiger partial charge in [-0.2, -0.15) is 5.26 Å². The lowest BCUT2D eigenvalue weighted by Crippen LogP contribution is -2.61. The molecule has 0 saturated heterocycles. The van der Waals surface area contributed by atoms with E-state index in [0.717, 1.165) is 111 Å². The van der Waals surface area contributed by atoms with Crippen molar-refractivity contribution in [3.8, 4) is 45.4 Å². The lowest BCUT2D eigenvalue weighted by atomic mass is 9.33. The maximum Gasteiger partial charge on any atom is 0.252 e. The second kappa shape index (κ2) is 23.7. The van der Waals surface area contributed by atoms with Gasteiger partial charge in [0.2, 0.25) is 0 Å². The number of nitriles is 1. The predicted octanol–water partition coefficient (Wildman–Crippen LogP) is 24.8. The number of rotatable bonds is 7. The molecule has 0 spiro atoms. The standard InChI is InChI=1S/C99H89BN6/c1-95(2,3)64-31-27-30-62(50-64)77-54-67(98(10,11)12)53-76(61-28-17-16-18-29-61)94(77)106-90-59-71(104-86-48-41-65(96(4,5)6)51-78(86)79-52-66(97(7,8)9)42-49-87(79)104)45-47-81(90)100-80-46-44-70(103-84-38-25-21-34-74(84)75-35-22-26-39-85(75)103)58-89(80)105(91-55-68(99(13,14)15)56-92(106)93(91)100)88-57-69(43-40-63(88)60-101)102-82-36-23-19-32-72(82)73-33-20-24-37-83(73)102/h16-59H,1-15H3/i21D,22D,25D,26D,34D,35D,38D,39D. The minimum atomic E-state index is -0.563. The van der Waals surface area contributed by atoms with Gasteiger partial charge in [0, 0.05) is 83.3 Å². The molecule has 16 aromatic rings. The van der Waals surface area contributed by atoms with Gasteiger partial charge in [-0.3, -0.25) is 0 Å². The third-order valence-corrected chi connectivity index (χ3v) is 22.5. The summed E-state index contributed by atoms with van der Waals surface area (Å²) < 4.78 is 81.8. The van der Waals surface area contributed by atoms with Crippen LogP contribution in [0, 0.1) is 11.3 Å². The van der Waals surface area contributed by atoms with Crippen molar-refractivity contribution in [2.75, 3.05) is 9.80 Å². The van der Waals surface area contributed by atoms with Gasteiger partial charge >= 0.3 is 0 Å². The van der Waals surface area contributed by atoms with Crippen LogP contribution in [0.25, 0.3) is 105 Å². The molecule has 0 saturated carbocycles. The first-order chi connectivity index (χ1) is 54.0. The molecule has 0 unspecified atom stereocenters. The highest BCUT2D eigenvalue weighted by atomic mass is 15.2. The summed E-state index contributed by atoms with van der Waals surface area (Å²) in [6.07, 6.45) is 0. The Morgan fingerprint density at radius 2 is 0.726 bits per heavy atom. The molecule has 2 aliphatic heterocycles. The van der Waals surface area contributed by atoms with Gasteiger partial charge in [0.15, 0.2) is 0 Å². The summed E-state index contributed by atoms with van der Waals surface area (Å²) in [4.78, 5) is 4.82. The molecule has 6 nitrogen and oxygen atoms in total. The summed E-state index contributed by atoms with van der Waals surface area (Å²) >= 11 is 0. The zero-order valence-electron chi connectivity index (χ0n) is 71.0. The lowest BCUT2D eigenvalue weighted by molar-refractivity contribution is 0.589. The van der Waals surface area contributed by atoms with Gasteiger partial charge in [0.25, 0.3) is 6.71 Å². The van der Waals surface area contributed by atoms with Crippen LogP contribution in [0.3, 0.4) is 0 Å². The minimum Gasteiger partial charge on any atom is -0.310 e. The van der Waals surface area contributed by atoms with E-state index in [-0.39, 0.29) is 43.5 Å². The Bertz CT molecular complexity index is 6700. The number of fused-ring (bicyclic) bond motifs is 13. The number of benzene rings is 13. The highest BCUT2D eigenvalue weighted by Crippen LogP contribution is 2.54. The summed E-state index contributed by atoms with van der Waals surface area (Å²) in [5, 5.41) is 16.5. The normalized spacial score (nSPS) is 14.4. The van der Waals surface area contributed by atoms with Crippen molar-refractivity contribution >= 4 is 123 Å². The fourth-order valence-electron chi connectivity index (χ4n) is 16.8. The van der Waals surface area contributed by atoms with E-state index >= 15 is 0 Å². The molecule has 7 heteroatoms. The summed E-state index contributed by atoms with van der Waals surface area (Å²) in [5.41, 5.74) is 23.0. The Balaban J connectivity index is 1.03.